The summed E-state index contributed by atoms with van der Waals surface area (Å²) in [5, 5.41) is 9.27. The molecule has 0 bridgehead atoms. The van der Waals surface area contributed by atoms with E-state index in [1.165, 1.54) is 17.1 Å². The molecule has 1 aromatic heterocycles. The van der Waals surface area contributed by atoms with E-state index in [0.717, 1.165) is 16.5 Å². The van der Waals surface area contributed by atoms with E-state index in [4.69, 9.17) is 0 Å². The van der Waals surface area contributed by atoms with Gasteiger partial charge in [0.2, 0.25) is 5.91 Å². The van der Waals surface area contributed by atoms with Crippen LogP contribution in [0.5, 0.6) is 0 Å². The number of aromatic nitrogens is 1. The van der Waals surface area contributed by atoms with Crippen LogP contribution in [-0.2, 0) is 16.1 Å². The first-order chi connectivity index (χ1) is 13.1. The fraction of sp³-hybridized carbons (Fsp3) is 0.150. The Balaban J connectivity index is 1.53. The van der Waals surface area contributed by atoms with E-state index in [1.807, 2.05) is 30.5 Å². The van der Waals surface area contributed by atoms with Crippen molar-refractivity contribution in [3.8, 4) is 0 Å². The third-order valence-corrected chi connectivity index (χ3v) is 4.46. The Kier molecular flexibility index (Phi) is 4.42. The van der Waals surface area contributed by atoms with Gasteiger partial charge in [-0.1, -0.05) is 18.2 Å². The fourth-order valence-electron chi connectivity index (χ4n) is 3.04. The molecular formula is C20H17FN4O2. The van der Waals surface area contributed by atoms with Crippen LogP contribution in [0.15, 0.2) is 59.8 Å². The molecule has 3 aromatic rings. The molecule has 2 amide bonds. The number of carbonyl (C=O) groups is 2. The Morgan fingerprint density at radius 2 is 1.96 bits per heavy atom. The number of fused-ring (bicyclic) bond motifs is 1. The van der Waals surface area contributed by atoms with Gasteiger partial charge in [0.05, 0.1) is 12.2 Å². The third kappa shape index (κ3) is 3.57. The zero-order chi connectivity index (χ0) is 18.8. The van der Waals surface area contributed by atoms with Crippen molar-refractivity contribution in [3.05, 3.63) is 66.1 Å². The van der Waals surface area contributed by atoms with Crippen LogP contribution >= 0.6 is 0 Å². The molecule has 27 heavy (non-hydrogen) atoms. The van der Waals surface area contributed by atoms with Crippen molar-refractivity contribution in [3.63, 3.8) is 0 Å². The number of hydrazone groups is 1. The van der Waals surface area contributed by atoms with E-state index in [2.05, 4.69) is 15.4 Å². The number of anilines is 1. The second-order valence-corrected chi connectivity index (χ2v) is 6.32. The zero-order valence-electron chi connectivity index (χ0n) is 14.4. The summed E-state index contributed by atoms with van der Waals surface area (Å²) in [5.74, 6) is -0.838. The lowest BCUT2D eigenvalue weighted by Crippen LogP contribution is -2.36. The molecule has 2 aromatic carbocycles. The average Bonchev–Trinajstić information content (AvgIpc) is 3.15. The van der Waals surface area contributed by atoms with Gasteiger partial charge in [-0.3, -0.25) is 9.59 Å². The van der Waals surface area contributed by atoms with Crippen molar-refractivity contribution < 1.29 is 14.0 Å². The highest BCUT2D eigenvalue weighted by Gasteiger charge is 2.25. The lowest BCUT2D eigenvalue weighted by atomic mass is 10.1. The molecule has 1 aliphatic heterocycles. The fourth-order valence-corrected chi connectivity index (χ4v) is 3.04. The number of carbonyl (C=O) groups excluding carboxylic acids is 2. The predicted molar refractivity (Wildman–Crippen MR) is 101 cm³/mol. The molecule has 0 unspecified atom stereocenters. The maximum Gasteiger partial charge on any atom is 0.271 e. The first kappa shape index (κ1) is 17.0. The summed E-state index contributed by atoms with van der Waals surface area (Å²) in [6.07, 6.45) is 2.30. The van der Waals surface area contributed by atoms with E-state index in [1.54, 1.807) is 12.1 Å². The van der Waals surface area contributed by atoms with Crippen molar-refractivity contribution in [2.45, 2.75) is 19.4 Å². The number of hydrogen-bond donors (Lipinski definition) is 2. The SMILES string of the molecule is O=C(Nc1cccc2[nH]ccc12)C1=NN(Cc2ccc(F)cc2)C(=O)CC1. The number of rotatable bonds is 4. The Morgan fingerprint density at radius 1 is 1.15 bits per heavy atom. The predicted octanol–water partition coefficient (Wildman–Crippen LogP) is 3.42. The molecule has 2 heterocycles. The van der Waals surface area contributed by atoms with Gasteiger partial charge in [0.25, 0.3) is 5.91 Å². The van der Waals surface area contributed by atoms with Crippen LogP contribution in [0, 0.1) is 5.82 Å². The van der Waals surface area contributed by atoms with E-state index in [0.29, 0.717) is 11.4 Å². The van der Waals surface area contributed by atoms with Crippen molar-refractivity contribution in [2.75, 3.05) is 5.32 Å². The molecule has 0 spiro atoms. The standard InChI is InChI=1S/C20H17FN4O2/c21-14-6-4-13(5-7-14)12-25-19(26)9-8-18(24-25)20(27)23-17-3-1-2-16-15(17)10-11-22-16/h1-7,10-11,22H,8-9,12H2,(H,23,27). The zero-order valence-corrected chi connectivity index (χ0v) is 14.4. The number of amides is 2. The summed E-state index contributed by atoms with van der Waals surface area (Å²) >= 11 is 0. The molecule has 0 atom stereocenters. The van der Waals surface area contributed by atoms with Crippen LogP contribution in [0.4, 0.5) is 10.1 Å². The van der Waals surface area contributed by atoms with Crippen molar-refractivity contribution in [1.82, 2.24) is 9.99 Å². The minimum atomic E-state index is -0.341. The summed E-state index contributed by atoms with van der Waals surface area (Å²) in [5.41, 5.74) is 2.64. The van der Waals surface area contributed by atoms with Gasteiger partial charge in [-0.05, 0) is 35.9 Å². The summed E-state index contributed by atoms with van der Waals surface area (Å²) in [6.45, 7) is 0.198. The van der Waals surface area contributed by atoms with Gasteiger partial charge in [0.1, 0.15) is 11.5 Å². The Morgan fingerprint density at radius 3 is 2.78 bits per heavy atom. The molecule has 0 saturated carbocycles. The molecule has 4 rings (SSSR count). The molecule has 6 nitrogen and oxygen atoms in total. The molecular weight excluding hydrogens is 347 g/mol. The quantitative estimate of drug-likeness (QED) is 0.744. The first-order valence-corrected chi connectivity index (χ1v) is 8.60. The minimum Gasteiger partial charge on any atom is -0.361 e. The minimum absolute atomic E-state index is 0.163. The summed E-state index contributed by atoms with van der Waals surface area (Å²) in [4.78, 5) is 27.9. The van der Waals surface area contributed by atoms with Gasteiger partial charge < -0.3 is 10.3 Å². The first-order valence-electron chi connectivity index (χ1n) is 8.60. The van der Waals surface area contributed by atoms with Gasteiger partial charge in [0.15, 0.2) is 0 Å². The molecule has 2 N–H and O–H groups in total. The maximum absolute atomic E-state index is 13.0. The number of hydrogen-bond acceptors (Lipinski definition) is 3. The Labute approximate surface area is 154 Å². The van der Waals surface area contributed by atoms with E-state index >= 15 is 0 Å². The largest absolute Gasteiger partial charge is 0.361 e. The summed E-state index contributed by atoms with van der Waals surface area (Å²) in [7, 11) is 0. The highest BCUT2D eigenvalue weighted by molar-refractivity contribution is 6.44. The average molecular weight is 364 g/mol. The number of halogens is 1. The molecule has 0 fully saturated rings. The van der Waals surface area contributed by atoms with Crippen LogP contribution in [0.2, 0.25) is 0 Å². The lowest BCUT2D eigenvalue weighted by Gasteiger charge is -2.23. The molecule has 0 radical (unpaired) electrons. The van der Waals surface area contributed by atoms with Gasteiger partial charge in [-0.2, -0.15) is 5.10 Å². The normalized spacial score (nSPS) is 14.3. The van der Waals surface area contributed by atoms with Crippen molar-refractivity contribution >= 4 is 34.1 Å². The van der Waals surface area contributed by atoms with Gasteiger partial charge >= 0.3 is 0 Å². The van der Waals surface area contributed by atoms with Gasteiger partial charge in [0, 0.05) is 29.9 Å². The van der Waals surface area contributed by atoms with Gasteiger partial charge in [-0.15, -0.1) is 0 Å². The molecule has 7 heteroatoms. The Bertz CT molecular complexity index is 1040. The van der Waals surface area contributed by atoms with E-state index < -0.39 is 0 Å². The summed E-state index contributed by atoms with van der Waals surface area (Å²) in [6, 6.07) is 13.3. The highest BCUT2D eigenvalue weighted by Crippen LogP contribution is 2.23. The van der Waals surface area contributed by atoms with Crippen LogP contribution in [0.1, 0.15) is 18.4 Å². The van der Waals surface area contributed by atoms with Crippen molar-refractivity contribution in [2.24, 2.45) is 5.10 Å². The number of aromatic amines is 1. The molecule has 0 saturated heterocycles. The maximum atomic E-state index is 13.0. The van der Waals surface area contributed by atoms with Crippen LogP contribution < -0.4 is 5.32 Å². The third-order valence-electron chi connectivity index (χ3n) is 4.46. The van der Waals surface area contributed by atoms with Crippen LogP contribution in [0.3, 0.4) is 0 Å². The number of H-pyrrole nitrogens is 1. The van der Waals surface area contributed by atoms with E-state index in [-0.39, 0.29) is 37.0 Å². The second-order valence-electron chi connectivity index (χ2n) is 6.32. The van der Waals surface area contributed by atoms with Crippen LogP contribution in [0.25, 0.3) is 10.9 Å². The second kappa shape index (κ2) is 7.03. The van der Waals surface area contributed by atoms with Crippen molar-refractivity contribution in [1.29, 1.82) is 0 Å². The molecule has 136 valence electrons. The lowest BCUT2D eigenvalue weighted by molar-refractivity contribution is -0.132. The molecule has 1 aliphatic rings. The molecule has 0 aliphatic carbocycles. The highest BCUT2D eigenvalue weighted by atomic mass is 19.1. The number of nitrogens with zero attached hydrogens (tertiary/aromatic N) is 2. The van der Waals surface area contributed by atoms with E-state index in [9.17, 15) is 14.0 Å². The monoisotopic (exact) mass is 364 g/mol. The Hall–Kier alpha value is -3.48. The van der Waals surface area contributed by atoms with Gasteiger partial charge in [-0.25, -0.2) is 9.40 Å². The number of nitrogens with one attached hydrogen (secondary N) is 2. The summed E-state index contributed by atoms with van der Waals surface area (Å²) < 4.78 is 13.0. The number of benzene rings is 2. The topological polar surface area (TPSA) is 77.6 Å². The smallest absolute Gasteiger partial charge is 0.271 e. The van der Waals surface area contributed by atoms with Crippen LogP contribution in [-0.4, -0.2) is 27.5 Å².